The molecule has 0 atom stereocenters. The number of likely N-dealkylation sites (N-methyl/N-ethyl adjacent to an activating group) is 1. The smallest absolute Gasteiger partial charge is 0.178 e. The number of nitrogens with zero attached hydrogens (tertiary/aromatic N) is 2. The van der Waals surface area contributed by atoms with Crippen molar-refractivity contribution in [1.82, 2.24) is 9.47 Å². The number of aromatic nitrogens is 1. The first-order valence-electron chi connectivity index (χ1n) is 7.41. The number of benzene rings is 1. The Morgan fingerprint density at radius 2 is 1.76 bits per heavy atom. The summed E-state index contributed by atoms with van der Waals surface area (Å²) in [7, 11) is 1.97. The number of Topliss-reactive ketones (excluding diaryl/α,β-unsaturated/α-hetero) is 1. The zero-order chi connectivity index (χ0) is 15.6. The summed E-state index contributed by atoms with van der Waals surface area (Å²) in [5, 5.41) is 0. The van der Waals surface area contributed by atoms with E-state index in [1.54, 1.807) is 0 Å². The molecule has 0 saturated carbocycles. The summed E-state index contributed by atoms with van der Waals surface area (Å²) in [5.74, 6) is 0.186. The van der Waals surface area contributed by atoms with Gasteiger partial charge < -0.3 is 4.57 Å². The molecule has 0 fully saturated rings. The number of carbonyl (C=O) groups is 1. The van der Waals surface area contributed by atoms with Crippen LogP contribution in [0.4, 0.5) is 0 Å². The summed E-state index contributed by atoms with van der Waals surface area (Å²) < 4.78 is 2.15. The second-order valence-corrected chi connectivity index (χ2v) is 5.71. The van der Waals surface area contributed by atoms with Crippen LogP contribution >= 0.6 is 0 Å². The summed E-state index contributed by atoms with van der Waals surface area (Å²) in [5.41, 5.74) is 5.29. The van der Waals surface area contributed by atoms with Crippen LogP contribution < -0.4 is 0 Å². The van der Waals surface area contributed by atoms with Gasteiger partial charge in [-0.2, -0.15) is 0 Å². The highest BCUT2D eigenvalue weighted by Gasteiger charge is 2.17. The second-order valence-electron chi connectivity index (χ2n) is 5.71. The third-order valence-electron chi connectivity index (χ3n) is 3.98. The molecule has 0 N–H and O–H groups in total. The van der Waals surface area contributed by atoms with Crippen LogP contribution in [0.1, 0.15) is 34.2 Å². The minimum atomic E-state index is 0.186. The van der Waals surface area contributed by atoms with Crippen LogP contribution in [0.3, 0.4) is 0 Å². The molecule has 0 aliphatic heterocycles. The number of hydrogen-bond donors (Lipinski definition) is 0. The van der Waals surface area contributed by atoms with Gasteiger partial charge in [0.2, 0.25) is 0 Å². The van der Waals surface area contributed by atoms with Crippen LogP contribution in [0, 0.1) is 20.8 Å². The predicted octanol–water partition coefficient (Wildman–Crippen LogP) is 3.54. The van der Waals surface area contributed by atoms with E-state index < -0.39 is 0 Å². The summed E-state index contributed by atoms with van der Waals surface area (Å²) >= 11 is 0. The third-order valence-corrected chi connectivity index (χ3v) is 3.98. The molecule has 21 heavy (non-hydrogen) atoms. The van der Waals surface area contributed by atoms with E-state index in [4.69, 9.17) is 0 Å². The number of hydrogen-bond acceptors (Lipinski definition) is 2. The van der Waals surface area contributed by atoms with Crippen molar-refractivity contribution in [1.29, 1.82) is 0 Å². The predicted molar refractivity (Wildman–Crippen MR) is 87.5 cm³/mol. The lowest BCUT2D eigenvalue weighted by Gasteiger charge is -2.13. The SMILES string of the molecule is CCN(C)CC(=O)c1cc(C)n(-c2ccc(C)cc2)c1C. The molecule has 0 spiro atoms. The lowest BCUT2D eigenvalue weighted by molar-refractivity contribution is 0.0948. The molecule has 0 aliphatic rings. The van der Waals surface area contributed by atoms with Crippen molar-refractivity contribution in [2.24, 2.45) is 0 Å². The Hall–Kier alpha value is -1.87. The Labute approximate surface area is 127 Å². The van der Waals surface area contributed by atoms with Crippen molar-refractivity contribution in [3.63, 3.8) is 0 Å². The maximum Gasteiger partial charge on any atom is 0.178 e. The molecule has 0 bridgehead atoms. The highest BCUT2D eigenvalue weighted by Crippen LogP contribution is 2.21. The van der Waals surface area contributed by atoms with E-state index in [0.717, 1.165) is 29.2 Å². The fraction of sp³-hybridized carbons (Fsp3) is 0.389. The molecular formula is C18H24N2O. The zero-order valence-corrected chi connectivity index (χ0v) is 13.6. The molecule has 3 nitrogen and oxygen atoms in total. The van der Waals surface area contributed by atoms with Crippen molar-refractivity contribution < 1.29 is 4.79 Å². The van der Waals surface area contributed by atoms with Crippen molar-refractivity contribution >= 4 is 5.78 Å². The van der Waals surface area contributed by atoms with Gasteiger partial charge in [-0.05, 0) is 52.6 Å². The molecule has 1 aromatic heterocycles. The lowest BCUT2D eigenvalue weighted by Crippen LogP contribution is -2.25. The van der Waals surface area contributed by atoms with E-state index in [9.17, 15) is 4.79 Å². The summed E-state index contributed by atoms with van der Waals surface area (Å²) in [6.45, 7) is 9.55. The van der Waals surface area contributed by atoms with Gasteiger partial charge in [0.25, 0.3) is 0 Å². The topological polar surface area (TPSA) is 25.2 Å². The highest BCUT2D eigenvalue weighted by molar-refractivity contribution is 5.99. The third kappa shape index (κ3) is 3.24. The van der Waals surface area contributed by atoms with Crippen LogP contribution in [0.5, 0.6) is 0 Å². The molecule has 3 heteroatoms. The molecule has 0 aliphatic carbocycles. The zero-order valence-electron chi connectivity index (χ0n) is 13.6. The van der Waals surface area contributed by atoms with E-state index in [1.165, 1.54) is 5.56 Å². The first-order valence-corrected chi connectivity index (χ1v) is 7.41. The number of carbonyl (C=O) groups excluding carboxylic acids is 1. The van der Waals surface area contributed by atoms with Crippen LogP contribution in [0.25, 0.3) is 5.69 Å². The van der Waals surface area contributed by atoms with E-state index in [2.05, 4.69) is 42.7 Å². The van der Waals surface area contributed by atoms with Crippen LogP contribution in [0.15, 0.2) is 30.3 Å². The van der Waals surface area contributed by atoms with Gasteiger partial charge in [0.15, 0.2) is 5.78 Å². The maximum absolute atomic E-state index is 12.4. The van der Waals surface area contributed by atoms with E-state index in [-0.39, 0.29) is 5.78 Å². The Balaban J connectivity index is 2.38. The largest absolute Gasteiger partial charge is 0.318 e. The maximum atomic E-state index is 12.4. The van der Waals surface area contributed by atoms with Crippen molar-refractivity contribution in [3.8, 4) is 5.69 Å². The van der Waals surface area contributed by atoms with Crippen molar-refractivity contribution in [3.05, 3.63) is 52.8 Å². The number of rotatable bonds is 5. The lowest BCUT2D eigenvalue weighted by atomic mass is 10.1. The Morgan fingerprint density at radius 3 is 2.33 bits per heavy atom. The van der Waals surface area contributed by atoms with Crippen molar-refractivity contribution in [2.45, 2.75) is 27.7 Å². The minimum absolute atomic E-state index is 0.186. The fourth-order valence-corrected chi connectivity index (χ4v) is 2.58. The van der Waals surface area contributed by atoms with Gasteiger partial charge in [0.05, 0.1) is 6.54 Å². The van der Waals surface area contributed by atoms with E-state index in [1.807, 2.05) is 31.9 Å². The standard InChI is InChI=1S/C18H24N2O/c1-6-19(5)12-18(21)17-11-14(3)20(15(17)4)16-9-7-13(2)8-10-16/h7-11H,6,12H2,1-5H3. The molecule has 0 saturated heterocycles. The molecule has 0 amide bonds. The second kappa shape index (κ2) is 6.27. The quantitative estimate of drug-likeness (QED) is 0.785. The van der Waals surface area contributed by atoms with E-state index >= 15 is 0 Å². The normalized spacial score (nSPS) is 11.1. The minimum Gasteiger partial charge on any atom is -0.318 e. The molecule has 1 heterocycles. The Morgan fingerprint density at radius 1 is 1.14 bits per heavy atom. The molecule has 2 rings (SSSR count). The van der Waals surface area contributed by atoms with Crippen molar-refractivity contribution in [2.75, 3.05) is 20.1 Å². The Kier molecular flexibility index (Phi) is 4.63. The molecule has 2 aromatic rings. The molecular weight excluding hydrogens is 260 g/mol. The highest BCUT2D eigenvalue weighted by atomic mass is 16.1. The van der Waals surface area contributed by atoms with Crippen LogP contribution in [0.2, 0.25) is 0 Å². The summed E-state index contributed by atoms with van der Waals surface area (Å²) in [6, 6.07) is 10.4. The molecule has 0 radical (unpaired) electrons. The van der Waals surface area contributed by atoms with Gasteiger partial charge >= 0.3 is 0 Å². The fourth-order valence-electron chi connectivity index (χ4n) is 2.58. The van der Waals surface area contributed by atoms with Gasteiger partial charge in [0, 0.05) is 22.6 Å². The molecule has 112 valence electrons. The average Bonchev–Trinajstić information content (AvgIpc) is 2.75. The van der Waals surface area contributed by atoms with E-state index in [0.29, 0.717) is 6.54 Å². The number of aryl methyl sites for hydroxylation is 2. The van der Waals surface area contributed by atoms with Gasteiger partial charge in [-0.3, -0.25) is 9.69 Å². The molecule has 1 aromatic carbocycles. The summed E-state index contributed by atoms with van der Waals surface area (Å²) in [4.78, 5) is 14.5. The Bertz CT molecular complexity index is 638. The van der Waals surface area contributed by atoms with Gasteiger partial charge in [-0.15, -0.1) is 0 Å². The van der Waals surface area contributed by atoms with Gasteiger partial charge in [-0.1, -0.05) is 24.6 Å². The first-order chi connectivity index (χ1) is 9.93. The van der Waals surface area contributed by atoms with Gasteiger partial charge in [-0.25, -0.2) is 0 Å². The van der Waals surface area contributed by atoms with Crippen LogP contribution in [-0.4, -0.2) is 35.4 Å². The molecule has 0 unspecified atom stereocenters. The first kappa shape index (κ1) is 15.5. The van der Waals surface area contributed by atoms with Crippen LogP contribution in [-0.2, 0) is 0 Å². The average molecular weight is 284 g/mol. The monoisotopic (exact) mass is 284 g/mol. The van der Waals surface area contributed by atoms with Gasteiger partial charge in [0.1, 0.15) is 0 Å². The summed E-state index contributed by atoms with van der Waals surface area (Å²) in [6.07, 6.45) is 0. The number of ketones is 1.